The fourth-order valence-corrected chi connectivity index (χ4v) is 1.12. The van der Waals surface area contributed by atoms with Crippen molar-refractivity contribution < 1.29 is 14.2 Å². The van der Waals surface area contributed by atoms with E-state index in [1.807, 2.05) is 20.8 Å². The van der Waals surface area contributed by atoms with Gasteiger partial charge in [0.1, 0.15) is 6.61 Å². The second-order valence-electron chi connectivity index (χ2n) is 3.76. The van der Waals surface area contributed by atoms with E-state index in [0.717, 1.165) is 0 Å². The molecular formula is C11H20N4O3. The normalized spacial score (nSPS) is 10.5. The van der Waals surface area contributed by atoms with Gasteiger partial charge in [0, 0.05) is 13.7 Å². The Morgan fingerprint density at radius 1 is 1.11 bits per heavy atom. The topological polar surface area (TPSA) is 78.4 Å². The first-order valence-electron chi connectivity index (χ1n) is 5.94. The molecular weight excluding hydrogens is 236 g/mol. The molecule has 0 radical (unpaired) electrons. The largest absolute Gasteiger partial charge is 0.461 e. The van der Waals surface area contributed by atoms with Crippen molar-refractivity contribution in [3.63, 3.8) is 0 Å². The third-order valence-corrected chi connectivity index (χ3v) is 1.79. The monoisotopic (exact) mass is 256 g/mol. The lowest BCUT2D eigenvalue weighted by molar-refractivity contribution is 0.138. The van der Waals surface area contributed by atoms with Gasteiger partial charge in [0.15, 0.2) is 0 Å². The van der Waals surface area contributed by atoms with Crippen LogP contribution in [0.5, 0.6) is 12.0 Å². The van der Waals surface area contributed by atoms with E-state index in [-0.39, 0.29) is 18.1 Å². The van der Waals surface area contributed by atoms with Crippen LogP contribution in [0.15, 0.2) is 0 Å². The smallest absolute Gasteiger partial charge is 0.324 e. The van der Waals surface area contributed by atoms with E-state index in [2.05, 4.69) is 20.3 Å². The number of anilines is 1. The maximum Gasteiger partial charge on any atom is 0.324 e. The molecule has 0 aromatic carbocycles. The molecule has 1 aromatic rings. The molecule has 0 unspecified atom stereocenters. The lowest BCUT2D eigenvalue weighted by Crippen LogP contribution is -2.13. The minimum absolute atomic E-state index is 0.00583. The Kier molecular flexibility index (Phi) is 6.13. The van der Waals surface area contributed by atoms with Crippen LogP contribution in [-0.2, 0) is 4.74 Å². The van der Waals surface area contributed by atoms with Crippen LogP contribution in [0, 0.1) is 0 Å². The van der Waals surface area contributed by atoms with E-state index < -0.39 is 0 Å². The van der Waals surface area contributed by atoms with Gasteiger partial charge in [-0.05, 0) is 20.8 Å². The van der Waals surface area contributed by atoms with E-state index >= 15 is 0 Å². The molecule has 7 nitrogen and oxygen atoms in total. The average molecular weight is 256 g/mol. The summed E-state index contributed by atoms with van der Waals surface area (Å²) < 4.78 is 15.7. The Hall–Kier alpha value is -1.63. The van der Waals surface area contributed by atoms with Crippen molar-refractivity contribution in [3.8, 4) is 12.0 Å². The molecule has 1 heterocycles. The first kappa shape index (κ1) is 14.4. The molecule has 7 heteroatoms. The summed E-state index contributed by atoms with van der Waals surface area (Å²) in [5.41, 5.74) is 0. The summed E-state index contributed by atoms with van der Waals surface area (Å²) in [5, 5.41) is 3.00. The maximum atomic E-state index is 5.43. The van der Waals surface area contributed by atoms with Gasteiger partial charge in [0.05, 0.1) is 12.7 Å². The maximum absolute atomic E-state index is 5.43. The van der Waals surface area contributed by atoms with Crippen molar-refractivity contribution in [2.45, 2.75) is 26.9 Å². The summed E-state index contributed by atoms with van der Waals surface area (Å²) in [7, 11) is 1.61. The third-order valence-electron chi connectivity index (χ3n) is 1.79. The van der Waals surface area contributed by atoms with E-state index in [1.54, 1.807) is 7.11 Å². The molecule has 1 aromatic heterocycles. The summed E-state index contributed by atoms with van der Waals surface area (Å²) in [6.07, 6.45) is -0.00583. The van der Waals surface area contributed by atoms with Crippen LogP contribution in [0.2, 0.25) is 0 Å². The minimum atomic E-state index is -0.00583. The van der Waals surface area contributed by atoms with Crippen LogP contribution < -0.4 is 14.8 Å². The molecule has 18 heavy (non-hydrogen) atoms. The summed E-state index contributed by atoms with van der Waals surface area (Å²) in [4.78, 5) is 12.3. The van der Waals surface area contributed by atoms with Crippen molar-refractivity contribution in [2.75, 3.05) is 32.2 Å². The highest BCUT2D eigenvalue weighted by Gasteiger charge is 2.09. The summed E-state index contributed by atoms with van der Waals surface area (Å²) in [5.74, 6) is 0.440. The molecule has 0 aliphatic heterocycles. The molecule has 1 rings (SSSR count). The van der Waals surface area contributed by atoms with E-state index in [4.69, 9.17) is 14.2 Å². The van der Waals surface area contributed by atoms with Crippen molar-refractivity contribution in [1.29, 1.82) is 0 Å². The lowest BCUT2D eigenvalue weighted by Gasteiger charge is -2.11. The van der Waals surface area contributed by atoms with Crippen LogP contribution >= 0.6 is 0 Å². The fraction of sp³-hybridized carbons (Fsp3) is 0.727. The van der Waals surface area contributed by atoms with Gasteiger partial charge in [-0.1, -0.05) is 0 Å². The Labute approximate surface area is 107 Å². The predicted octanol–water partition coefficient (Wildman–Crippen LogP) is 1.12. The molecule has 102 valence electrons. The highest BCUT2D eigenvalue weighted by molar-refractivity contribution is 5.27. The fourth-order valence-electron chi connectivity index (χ4n) is 1.12. The Morgan fingerprint density at radius 2 is 1.83 bits per heavy atom. The number of nitrogens with one attached hydrogen (secondary N) is 1. The zero-order valence-electron chi connectivity index (χ0n) is 11.3. The van der Waals surface area contributed by atoms with Gasteiger partial charge in [-0.2, -0.15) is 9.97 Å². The number of methoxy groups -OCH3 is 1. The van der Waals surface area contributed by atoms with E-state index in [0.29, 0.717) is 25.7 Å². The van der Waals surface area contributed by atoms with Crippen LogP contribution in [0.25, 0.3) is 0 Å². The molecule has 0 saturated heterocycles. The molecule has 0 amide bonds. The van der Waals surface area contributed by atoms with Crippen LogP contribution in [0.1, 0.15) is 20.8 Å². The highest BCUT2D eigenvalue weighted by Crippen LogP contribution is 2.13. The summed E-state index contributed by atoms with van der Waals surface area (Å²) >= 11 is 0. The number of hydrogen-bond donors (Lipinski definition) is 1. The van der Waals surface area contributed by atoms with Gasteiger partial charge < -0.3 is 19.5 Å². The van der Waals surface area contributed by atoms with Crippen molar-refractivity contribution >= 4 is 5.95 Å². The predicted molar refractivity (Wildman–Crippen MR) is 67.1 cm³/mol. The number of ether oxygens (including phenoxy) is 3. The molecule has 0 fully saturated rings. The second kappa shape index (κ2) is 7.65. The highest BCUT2D eigenvalue weighted by atomic mass is 16.5. The van der Waals surface area contributed by atoms with Gasteiger partial charge in [-0.3, -0.25) is 0 Å². The van der Waals surface area contributed by atoms with Crippen molar-refractivity contribution in [2.24, 2.45) is 0 Å². The van der Waals surface area contributed by atoms with Gasteiger partial charge in [-0.15, -0.1) is 4.98 Å². The van der Waals surface area contributed by atoms with Crippen molar-refractivity contribution in [1.82, 2.24) is 15.0 Å². The molecule has 0 aliphatic carbocycles. The van der Waals surface area contributed by atoms with Crippen LogP contribution in [0.3, 0.4) is 0 Å². The summed E-state index contributed by atoms with van der Waals surface area (Å²) in [6.45, 7) is 7.33. The number of rotatable bonds is 8. The minimum Gasteiger partial charge on any atom is -0.461 e. The molecule has 0 bridgehead atoms. The molecule has 0 atom stereocenters. The molecule has 0 spiro atoms. The standard InChI is InChI=1S/C11H20N4O3/c1-5-12-9-13-10(17-7-6-16-4)15-11(14-9)18-8(2)3/h8H,5-7H2,1-4H3,(H,12,13,14,15). The Morgan fingerprint density at radius 3 is 2.44 bits per heavy atom. The van der Waals surface area contributed by atoms with Crippen LogP contribution in [-0.4, -0.2) is 47.9 Å². The number of aromatic nitrogens is 3. The van der Waals surface area contributed by atoms with Gasteiger partial charge in [0.25, 0.3) is 0 Å². The second-order valence-corrected chi connectivity index (χ2v) is 3.76. The zero-order valence-corrected chi connectivity index (χ0v) is 11.3. The number of nitrogens with zero attached hydrogens (tertiary/aromatic N) is 3. The molecule has 0 aliphatic rings. The third kappa shape index (κ3) is 5.13. The first-order chi connectivity index (χ1) is 8.65. The van der Waals surface area contributed by atoms with E-state index in [1.165, 1.54) is 0 Å². The Balaban J connectivity index is 2.77. The van der Waals surface area contributed by atoms with Gasteiger partial charge in [-0.25, -0.2) is 0 Å². The Bertz CT molecular complexity index is 360. The lowest BCUT2D eigenvalue weighted by atomic mass is 10.5. The zero-order chi connectivity index (χ0) is 13.4. The van der Waals surface area contributed by atoms with Gasteiger partial charge >= 0.3 is 12.0 Å². The van der Waals surface area contributed by atoms with Crippen molar-refractivity contribution in [3.05, 3.63) is 0 Å². The van der Waals surface area contributed by atoms with Crippen LogP contribution in [0.4, 0.5) is 5.95 Å². The van der Waals surface area contributed by atoms with E-state index in [9.17, 15) is 0 Å². The molecule has 1 N–H and O–H groups in total. The average Bonchev–Trinajstić information content (AvgIpc) is 2.28. The first-order valence-corrected chi connectivity index (χ1v) is 5.94. The molecule has 0 saturated carbocycles. The number of hydrogen-bond acceptors (Lipinski definition) is 7. The van der Waals surface area contributed by atoms with Gasteiger partial charge in [0.2, 0.25) is 5.95 Å². The quantitative estimate of drug-likeness (QED) is 0.698. The SMILES string of the molecule is CCNc1nc(OCCOC)nc(OC(C)C)n1. The summed E-state index contributed by atoms with van der Waals surface area (Å²) in [6, 6.07) is 0.483.